The van der Waals surface area contributed by atoms with Crippen molar-refractivity contribution < 1.29 is 4.74 Å². The summed E-state index contributed by atoms with van der Waals surface area (Å²) in [4.78, 5) is 10.9. The Bertz CT molecular complexity index is 2410. The molecule has 0 amide bonds. The minimum Gasteiger partial charge on any atom is -0.376 e. The highest BCUT2D eigenvalue weighted by atomic mass is 16.5. The number of hydrogen-bond donors (Lipinski definition) is 0. The summed E-state index contributed by atoms with van der Waals surface area (Å²) in [5.74, 6) is 3.71. The largest absolute Gasteiger partial charge is 0.376 e. The van der Waals surface area contributed by atoms with Crippen LogP contribution in [0, 0.1) is 35.0 Å². The molecule has 0 saturated carbocycles. The van der Waals surface area contributed by atoms with Gasteiger partial charge in [0.15, 0.2) is 0 Å². The van der Waals surface area contributed by atoms with Gasteiger partial charge in [0.05, 0.1) is 17.1 Å². The van der Waals surface area contributed by atoms with Gasteiger partial charge in [0.1, 0.15) is 0 Å². The molecule has 1 aromatic carbocycles. The predicted octanol–water partition coefficient (Wildman–Crippen LogP) is 14.5. The third-order valence-electron chi connectivity index (χ3n) is 16.3. The maximum absolute atomic E-state index is 6.25. The van der Waals surface area contributed by atoms with Gasteiger partial charge in [-0.3, -0.25) is 0 Å². The lowest BCUT2D eigenvalue weighted by atomic mass is 9.63. The second kappa shape index (κ2) is 16.3. The van der Waals surface area contributed by atoms with Crippen molar-refractivity contribution in [3.63, 3.8) is 0 Å². The first-order valence-corrected chi connectivity index (χ1v) is 23.4. The number of methoxy groups -OCH3 is 1. The maximum Gasteiger partial charge on any atom is 0.0968 e. The van der Waals surface area contributed by atoms with Crippen LogP contribution in [0.5, 0.6) is 0 Å². The fourth-order valence-electron chi connectivity index (χ4n) is 12.4. The van der Waals surface area contributed by atoms with E-state index in [0.717, 1.165) is 62.4 Å². The highest BCUT2D eigenvalue weighted by Crippen LogP contribution is 2.50. The van der Waals surface area contributed by atoms with Gasteiger partial charge in [-0.15, -0.1) is 0 Å². The lowest BCUT2D eigenvalue weighted by molar-refractivity contribution is 0.132. The van der Waals surface area contributed by atoms with E-state index in [9.17, 15) is 0 Å². The third-order valence-corrected chi connectivity index (χ3v) is 16.3. The molecule has 3 aromatic rings. The molecule has 0 radical (unpaired) electrons. The van der Waals surface area contributed by atoms with E-state index in [0.29, 0.717) is 41.4 Å². The van der Waals surface area contributed by atoms with Crippen molar-refractivity contribution in [3.05, 3.63) is 154 Å². The van der Waals surface area contributed by atoms with Crippen molar-refractivity contribution in [2.45, 2.75) is 122 Å². The van der Waals surface area contributed by atoms with Crippen LogP contribution in [0.2, 0.25) is 0 Å². The molecule has 0 spiro atoms. The molecule has 304 valence electrons. The molecule has 59 heavy (non-hydrogen) atoms. The molecule has 9 unspecified atom stereocenters. The molecule has 19 aliphatic rings. The molecule has 0 fully saturated rings. The minimum atomic E-state index is 0.113. The normalized spacial score (nSPS) is 32.8. The van der Waals surface area contributed by atoms with Crippen LogP contribution in [0.3, 0.4) is 0 Å². The monoisotopic (exact) mass is 781 g/mol. The van der Waals surface area contributed by atoms with Gasteiger partial charge in [-0.25, -0.2) is 9.97 Å². The molecule has 9 atom stereocenters. The summed E-state index contributed by atoms with van der Waals surface area (Å²) in [6.07, 6.45) is 45.3. The van der Waals surface area contributed by atoms with Crippen LogP contribution >= 0.6 is 0 Å². The number of fused-ring (bicyclic) bond motifs is 1. The summed E-state index contributed by atoms with van der Waals surface area (Å²) in [5.41, 5.74) is 13.7. The minimum absolute atomic E-state index is 0.113. The Hall–Kier alpha value is -4.34. The maximum atomic E-state index is 6.25. The van der Waals surface area contributed by atoms with E-state index in [1.165, 1.54) is 76.6 Å². The van der Waals surface area contributed by atoms with E-state index in [1.54, 1.807) is 11.1 Å². The Morgan fingerprint density at radius 1 is 0.644 bits per heavy atom. The zero-order valence-electron chi connectivity index (χ0n) is 36.0. The topological polar surface area (TPSA) is 35.0 Å². The third kappa shape index (κ3) is 7.24. The SMILES string of the molecule is CCCC1CC2C=CC1C1=CC=C(CC1)C1=CC=C(CC1OC)C1=CC=C(CC1)C(C)(CC)C1C=CC(CC1)c1ccc3ccc4ccc(nc4c3n1)C1C=CC2CC1. The second-order valence-electron chi connectivity index (χ2n) is 19.3. The molecule has 0 N–H and O–H groups in total. The van der Waals surface area contributed by atoms with Crippen LogP contribution in [-0.2, 0) is 4.74 Å². The first-order chi connectivity index (χ1) is 28.9. The molecular formula is C56H64N2O. The van der Waals surface area contributed by atoms with E-state index in [4.69, 9.17) is 14.7 Å². The predicted molar refractivity (Wildman–Crippen MR) is 246 cm³/mol. The average molecular weight is 781 g/mol. The van der Waals surface area contributed by atoms with E-state index < -0.39 is 0 Å². The van der Waals surface area contributed by atoms with Gasteiger partial charge in [-0.1, -0.05) is 136 Å². The number of allylic oxidation sites excluding steroid dienone is 15. The van der Waals surface area contributed by atoms with Crippen LogP contribution in [0.25, 0.3) is 21.8 Å². The van der Waals surface area contributed by atoms with E-state index in [2.05, 4.69) is 130 Å². The number of hydrogen-bond acceptors (Lipinski definition) is 3. The fraction of sp³-hybridized carbons (Fsp3) is 0.464. The standard InChI is InChI=1S/C56H64N2O/c1-5-7-46-34-44-22-30-49(46)38-10-12-39(13-11-38)50-31-23-45(35-53(50)59-4)37-18-26-47(27-19-37)56(3,6-2)48-28-20-41(21-29-48)52-33-25-43-17-16-42-24-32-51(57-54(42)55(43)58-52)40-14-8-36(44)9-15-40/h8,10,12,14,16-18,20,22-26,28,30-33,36,40-41,44,46,48-49,53H,5-7,9,11,13,15,19,21,27,29,34-35H2,1-4H3. The van der Waals surface area contributed by atoms with E-state index in [1.807, 2.05) is 7.11 Å². The molecule has 16 bridgehead atoms. The van der Waals surface area contributed by atoms with Gasteiger partial charge in [-0.05, 0) is 134 Å². The number of nitrogens with zero attached hydrogens (tertiary/aromatic N) is 2. The highest BCUT2D eigenvalue weighted by Gasteiger charge is 2.38. The van der Waals surface area contributed by atoms with Gasteiger partial charge in [0.2, 0.25) is 0 Å². The highest BCUT2D eigenvalue weighted by molar-refractivity contribution is 6.02. The smallest absolute Gasteiger partial charge is 0.0968 e. The molecule has 2 aromatic heterocycles. The number of pyridine rings is 2. The number of rotatable bonds is 4. The summed E-state index contributed by atoms with van der Waals surface area (Å²) in [7, 11) is 1.91. The average Bonchev–Trinajstić information content (AvgIpc) is 3.31. The molecule has 3 heteroatoms. The van der Waals surface area contributed by atoms with Gasteiger partial charge in [-0.2, -0.15) is 0 Å². The van der Waals surface area contributed by atoms with Crippen LogP contribution in [0.1, 0.15) is 127 Å². The summed E-state index contributed by atoms with van der Waals surface area (Å²) in [5, 5.41) is 2.37. The first-order valence-electron chi connectivity index (χ1n) is 23.4. The molecule has 22 rings (SSSR count). The van der Waals surface area contributed by atoms with Crippen molar-refractivity contribution in [2.24, 2.45) is 35.0 Å². The summed E-state index contributed by atoms with van der Waals surface area (Å²) in [6.45, 7) is 7.30. The molecule has 3 nitrogen and oxygen atoms in total. The van der Waals surface area contributed by atoms with E-state index >= 15 is 0 Å². The Labute approximate surface area is 353 Å². The quantitative estimate of drug-likeness (QED) is 0.195. The lowest BCUT2D eigenvalue weighted by Gasteiger charge is -2.41. The zero-order chi connectivity index (χ0) is 40.1. The van der Waals surface area contributed by atoms with Crippen LogP contribution < -0.4 is 0 Å². The Morgan fingerprint density at radius 2 is 1.32 bits per heavy atom. The Morgan fingerprint density at radius 3 is 1.93 bits per heavy atom. The van der Waals surface area contributed by atoms with Crippen molar-refractivity contribution in [1.82, 2.24) is 9.97 Å². The second-order valence-corrected chi connectivity index (χ2v) is 19.3. The molecule has 13 aliphatic heterocycles. The first kappa shape index (κ1) is 38.8. The fourth-order valence-corrected chi connectivity index (χ4v) is 12.4. The Kier molecular flexibility index (Phi) is 10.7. The zero-order valence-corrected chi connectivity index (χ0v) is 36.0. The van der Waals surface area contributed by atoms with Crippen molar-refractivity contribution in [3.8, 4) is 0 Å². The molecule has 0 saturated heterocycles. The van der Waals surface area contributed by atoms with Crippen molar-refractivity contribution >= 4 is 21.8 Å². The van der Waals surface area contributed by atoms with Crippen LogP contribution in [0.15, 0.2) is 143 Å². The summed E-state index contributed by atoms with van der Waals surface area (Å²) < 4.78 is 6.25. The summed E-state index contributed by atoms with van der Waals surface area (Å²) >= 11 is 0. The van der Waals surface area contributed by atoms with Crippen molar-refractivity contribution in [1.29, 1.82) is 0 Å². The van der Waals surface area contributed by atoms with Gasteiger partial charge in [0, 0.05) is 53.4 Å². The van der Waals surface area contributed by atoms with Gasteiger partial charge < -0.3 is 4.74 Å². The lowest BCUT2D eigenvalue weighted by Crippen LogP contribution is -2.30. The molecule has 15 heterocycles. The molecular weight excluding hydrogens is 717 g/mol. The number of benzene rings is 1. The number of ether oxygens (including phenoxy) is 1. The van der Waals surface area contributed by atoms with Gasteiger partial charge >= 0.3 is 0 Å². The van der Waals surface area contributed by atoms with Crippen LogP contribution in [-0.4, -0.2) is 23.2 Å². The molecule has 6 aliphatic carbocycles. The van der Waals surface area contributed by atoms with E-state index in [-0.39, 0.29) is 11.5 Å². The van der Waals surface area contributed by atoms with Crippen LogP contribution in [0.4, 0.5) is 0 Å². The van der Waals surface area contributed by atoms with Crippen molar-refractivity contribution in [2.75, 3.05) is 7.11 Å². The Balaban J connectivity index is 1.03. The summed E-state index contributed by atoms with van der Waals surface area (Å²) in [6, 6.07) is 13.6. The van der Waals surface area contributed by atoms with Gasteiger partial charge in [0.25, 0.3) is 0 Å². The number of aromatic nitrogens is 2.